The lowest BCUT2D eigenvalue weighted by Crippen LogP contribution is -2.37. The summed E-state index contributed by atoms with van der Waals surface area (Å²) in [6.07, 6.45) is 1.05. The summed E-state index contributed by atoms with van der Waals surface area (Å²) in [5, 5.41) is 14.2. The molecule has 1 heterocycles. The highest BCUT2D eigenvalue weighted by Gasteiger charge is 2.19. The van der Waals surface area contributed by atoms with Gasteiger partial charge >= 0.3 is 5.97 Å². The fourth-order valence-electron chi connectivity index (χ4n) is 1.28. The van der Waals surface area contributed by atoms with Crippen LogP contribution in [0, 0.1) is 0 Å². The van der Waals surface area contributed by atoms with E-state index in [2.05, 4.69) is 15.0 Å². The van der Waals surface area contributed by atoms with Gasteiger partial charge in [0.1, 0.15) is 9.84 Å². The van der Waals surface area contributed by atoms with Crippen molar-refractivity contribution in [2.75, 3.05) is 12.0 Å². The first kappa shape index (κ1) is 14.2. The Hall–Kier alpha value is -1.90. The third-order valence-corrected chi connectivity index (χ3v) is 2.99. The molecule has 1 amide bonds. The Labute approximate surface area is 103 Å². The van der Waals surface area contributed by atoms with Crippen LogP contribution in [0.1, 0.15) is 28.0 Å². The largest absolute Gasteiger partial charge is 0.475 e. The van der Waals surface area contributed by atoms with Crippen LogP contribution in [0.3, 0.4) is 0 Å². The summed E-state index contributed by atoms with van der Waals surface area (Å²) < 4.78 is 26.4. The molecule has 1 rings (SSSR count). The van der Waals surface area contributed by atoms with Crippen LogP contribution in [0.5, 0.6) is 0 Å². The number of sulfone groups is 1. The van der Waals surface area contributed by atoms with E-state index in [0.29, 0.717) is 0 Å². The van der Waals surface area contributed by atoms with Gasteiger partial charge in [0.15, 0.2) is 5.69 Å². The normalized spacial score (nSPS) is 13.0. The third-order valence-electron chi connectivity index (χ3n) is 1.88. The summed E-state index contributed by atoms with van der Waals surface area (Å²) in [5.74, 6) is -2.72. The second-order valence-corrected chi connectivity index (χ2v) is 6.03. The lowest BCUT2D eigenvalue weighted by Gasteiger charge is -2.10. The molecule has 0 aliphatic heterocycles. The highest BCUT2D eigenvalue weighted by molar-refractivity contribution is 7.90. The van der Waals surface area contributed by atoms with E-state index >= 15 is 0 Å². The van der Waals surface area contributed by atoms with Gasteiger partial charge in [0.2, 0.25) is 5.76 Å². The number of hydrogen-bond donors (Lipinski definition) is 2. The first-order valence-corrected chi connectivity index (χ1v) is 6.93. The van der Waals surface area contributed by atoms with Crippen molar-refractivity contribution in [3.05, 3.63) is 17.5 Å². The Morgan fingerprint density at radius 2 is 2.17 bits per heavy atom. The zero-order chi connectivity index (χ0) is 13.9. The van der Waals surface area contributed by atoms with E-state index in [-0.39, 0.29) is 11.4 Å². The molecule has 18 heavy (non-hydrogen) atoms. The number of nitrogens with one attached hydrogen (secondary N) is 1. The molecule has 2 N–H and O–H groups in total. The standard InChI is InChI=1S/C9H12N2O6S/c1-5(4-18(2,15)16)10-8(12)6-3-7(9(13)14)17-11-6/h3,5H,4H2,1-2H3,(H,10,12)(H,13,14). The van der Waals surface area contributed by atoms with Gasteiger partial charge in [0.25, 0.3) is 5.91 Å². The maximum atomic E-state index is 11.6. The Kier molecular flexibility index (Phi) is 4.07. The van der Waals surface area contributed by atoms with Crippen LogP contribution in [0.15, 0.2) is 10.6 Å². The Balaban J connectivity index is 2.67. The van der Waals surface area contributed by atoms with Gasteiger partial charge in [-0.25, -0.2) is 13.2 Å². The summed E-state index contributed by atoms with van der Waals surface area (Å²) in [6.45, 7) is 1.51. The van der Waals surface area contributed by atoms with Gasteiger partial charge in [-0.2, -0.15) is 0 Å². The molecule has 0 fully saturated rings. The Bertz CT molecular complexity index is 561. The molecule has 1 aromatic heterocycles. The van der Waals surface area contributed by atoms with Crippen LogP contribution in [-0.2, 0) is 9.84 Å². The number of hydrogen-bond acceptors (Lipinski definition) is 6. The number of aromatic nitrogens is 1. The summed E-state index contributed by atoms with van der Waals surface area (Å²) in [7, 11) is -3.21. The van der Waals surface area contributed by atoms with Crippen molar-refractivity contribution >= 4 is 21.7 Å². The number of aromatic carboxylic acids is 1. The molecule has 0 aliphatic carbocycles. The molecule has 0 spiro atoms. The average Bonchev–Trinajstić information content (AvgIpc) is 2.62. The van der Waals surface area contributed by atoms with Gasteiger partial charge in [0, 0.05) is 18.4 Å². The molecule has 0 saturated heterocycles. The van der Waals surface area contributed by atoms with Gasteiger partial charge < -0.3 is 14.9 Å². The highest BCUT2D eigenvalue weighted by Crippen LogP contribution is 2.04. The molecule has 0 aliphatic rings. The molecule has 1 aromatic rings. The number of carbonyl (C=O) groups excluding carboxylic acids is 1. The Morgan fingerprint density at radius 1 is 1.56 bits per heavy atom. The van der Waals surface area contributed by atoms with Crippen molar-refractivity contribution in [2.45, 2.75) is 13.0 Å². The van der Waals surface area contributed by atoms with Crippen LogP contribution in [0.2, 0.25) is 0 Å². The summed E-state index contributed by atoms with van der Waals surface area (Å²) in [4.78, 5) is 22.1. The summed E-state index contributed by atoms with van der Waals surface area (Å²) in [6, 6.07) is 0.350. The van der Waals surface area contributed by atoms with Crippen LogP contribution >= 0.6 is 0 Å². The molecule has 1 unspecified atom stereocenters. The second kappa shape index (κ2) is 5.17. The fraction of sp³-hybridized carbons (Fsp3) is 0.444. The predicted molar refractivity (Wildman–Crippen MR) is 60.1 cm³/mol. The van der Waals surface area contributed by atoms with E-state index in [0.717, 1.165) is 12.3 Å². The quantitative estimate of drug-likeness (QED) is 0.744. The van der Waals surface area contributed by atoms with Gasteiger partial charge in [0.05, 0.1) is 5.75 Å². The van der Waals surface area contributed by atoms with Crippen LogP contribution in [0.4, 0.5) is 0 Å². The number of carboxylic acids is 1. The molecule has 0 radical (unpaired) electrons. The van der Waals surface area contributed by atoms with Gasteiger partial charge in [-0.05, 0) is 6.92 Å². The molecule has 9 heteroatoms. The van der Waals surface area contributed by atoms with E-state index in [1.165, 1.54) is 6.92 Å². The van der Waals surface area contributed by atoms with E-state index in [9.17, 15) is 18.0 Å². The van der Waals surface area contributed by atoms with E-state index in [1.807, 2.05) is 0 Å². The number of rotatable bonds is 5. The highest BCUT2D eigenvalue weighted by atomic mass is 32.2. The SMILES string of the molecule is CC(CS(C)(=O)=O)NC(=O)c1cc(C(=O)O)on1. The minimum Gasteiger partial charge on any atom is -0.475 e. The van der Waals surface area contributed by atoms with Crippen molar-refractivity contribution < 1.29 is 27.6 Å². The van der Waals surface area contributed by atoms with Crippen molar-refractivity contribution in [1.82, 2.24) is 10.5 Å². The summed E-state index contributed by atoms with van der Waals surface area (Å²) in [5.41, 5.74) is -0.215. The van der Waals surface area contributed by atoms with E-state index in [4.69, 9.17) is 5.11 Å². The Morgan fingerprint density at radius 3 is 2.61 bits per heavy atom. The van der Waals surface area contributed by atoms with Crippen molar-refractivity contribution in [1.29, 1.82) is 0 Å². The number of carboxylic acid groups (broad SMARTS) is 1. The predicted octanol–water partition coefficient (Wildman–Crippen LogP) is -0.464. The van der Waals surface area contributed by atoms with Gasteiger partial charge in [-0.1, -0.05) is 5.16 Å². The number of nitrogens with zero attached hydrogens (tertiary/aromatic N) is 1. The van der Waals surface area contributed by atoms with Crippen molar-refractivity contribution in [2.24, 2.45) is 0 Å². The van der Waals surface area contributed by atoms with Crippen LogP contribution in [-0.4, -0.2) is 48.6 Å². The first-order valence-electron chi connectivity index (χ1n) is 4.87. The minimum atomic E-state index is -3.21. The van der Waals surface area contributed by atoms with Crippen molar-refractivity contribution in [3.8, 4) is 0 Å². The second-order valence-electron chi connectivity index (χ2n) is 3.85. The molecule has 0 aromatic carbocycles. The maximum absolute atomic E-state index is 11.6. The molecule has 1 atom stereocenters. The van der Waals surface area contributed by atoms with Crippen LogP contribution in [0.25, 0.3) is 0 Å². The third kappa shape index (κ3) is 4.17. The molecular formula is C9H12N2O6S. The molecule has 0 saturated carbocycles. The first-order chi connectivity index (χ1) is 8.19. The van der Waals surface area contributed by atoms with E-state index < -0.39 is 33.5 Å². The fourth-order valence-corrected chi connectivity index (χ4v) is 2.27. The minimum absolute atomic E-state index is 0.215. The van der Waals surface area contributed by atoms with E-state index in [1.54, 1.807) is 0 Å². The average molecular weight is 276 g/mol. The molecular weight excluding hydrogens is 264 g/mol. The lowest BCUT2D eigenvalue weighted by molar-refractivity contribution is 0.0651. The summed E-state index contributed by atoms with van der Waals surface area (Å²) >= 11 is 0. The van der Waals surface area contributed by atoms with Gasteiger partial charge in [-0.15, -0.1) is 0 Å². The molecule has 0 bridgehead atoms. The monoisotopic (exact) mass is 276 g/mol. The zero-order valence-electron chi connectivity index (χ0n) is 9.71. The van der Waals surface area contributed by atoms with Gasteiger partial charge in [-0.3, -0.25) is 4.79 Å². The smallest absolute Gasteiger partial charge is 0.374 e. The zero-order valence-corrected chi connectivity index (χ0v) is 10.5. The number of carbonyl (C=O) groups is 2. The topological polar surface area (TPSA) is 127 Å². The van der Waals surface area contributed by atoms with Crippen molar-refractivity contribution in [3.63, 3.8) is 0 Å². The maximum Gasteiger partial charge on any atom is 0.374 e. The molecule has 8 nitrogen and oxygen atoms in total. The number of amides is 1. The molecule has 100 valence electrons. The lowest BCUT2D eigenvalue weighted by atomic mass is 10.3. The van der Waals surface area contributed by atoms with Crippen LogP contribution < -0.4 is 5.32 Å².